The second-order valence-electron chi connectivity index (χ2n) is 11.5. The largest absolute Gasteiger partial charge is 0.462 e. The molecule has 3 fully saturated rings. The molecule has 164 valence electrons. The second-order valence-corrected chi connectivity index (χ2v) is 15.9. The average molecular weight is 421 g/mol. The lowest BCUT2D eigenvalue weighted by atomic mass is 9.47. The van der Waals surface area contributed by atoms with Crippen molar-refractivity contribution in [2.45, 2.75) is 97.1 Å². The van der Waals surface area contributed by atoms with Crippen LogP contribution in [-0.4, -0.2) is 38.2 Å². The van der Waals surface area contributed by atoms with Crippen LogP contribution < -0.4 is 0 Å². The lowest BCUT2D eigenvalue weighted by molar-refractivity contribution is -0.157. The van der Waals surface area contributed by atoms with Gasteiger partial charge < -0.3 is 14.3 Å². The summed E-state index contributed by atoms with van der Waals surface area (Å²) in [5.74, 6) is 1.63. The lowest BCUT2D eigenvalue weighted by Crippen LogP contribution is -2.54. The van der Waals surface area contributed by atoms with Gasteiger partial charge in [-0.25, -0.2) is 0 Å². The van der Waals surface area contributed by atoms with Crippen molar-refractivity contribution in [3.63, 3.8) is 0 Å². The minimum Gasteiger partial charge on any atom is -0.462 e. The van der Waals surface area contributed by atoms with E-state index in [-0.39, 0.29) is 29.5 Å². The molecule has 4 rings (SSSR count). The summed E-state index contributed by atoms with van der Waals surface area (Å²) in [6, 6.07) is 0. The molecule has 0 bridgehead atoms. The van der Waals surface area contributed by atoms with E-state index < -0.39 is 8.32 Å². The summed E-state index contributed by atoms with van der Waals surface area (Å²) in [6.07, 6.45) is 11.5. The number of carbonyl (C=O) groups excluding carboxylic acids is 1. The summed E-state index contributed by atoms with van der Waals surface area (Å²) < 4.78 is 12.2. The van der Waals surface area contributed by atoms with E-state index in [1.807, 2.05) is 0 Å². The Kier molecular flexibility index (Phi) is 5.57. The third kappa shape index (κ3) is 3.65. The fourth-order valence-corrected chi connectivity index (χ4v) is 8.87. The van der Waals surface area contributed by atoms with E-state index in [0.29, 0.717) is 23.9 Å². The van der Waals surface area contributed by atoms with Crippen LogP contribution >= 0.6 is 0 Å². The molecule has 3 saturated carbocycles. The highest BCUT2D eigenvalue weighted by Crippen LogP contribution is 2.65. The van der Waals surface area contributed by atoms with Crippen LogP contribution in [0.2, 0.25) is 19.6 Å². The molecule has 0 heterocycles. The molecule has 0 spiro atoms. The van der Waals surface area contributed by atoms with Crippen LogP contribution in [0.15, 0.2) is 11.6 Å². The number of hydrogen-bond acceptors (Lipinski definition) is 4. The number of hydrogen-bond donors (Lipinski definition) is 1. The summed E-state index contributed by atoms with van der Waals surface area (Å²) in [5.41, 5.74) is 1.55. The number of aliphatic hydroxyl groups is 1. The number of ether oxygens (including phenoxy) is 1. The molecule has 4 aliphatic rings. The van der Waals surface area contributed by atoms with Gasteiger partial charge in [-0.2, -0.15) is 0 Å². The zero-order valence-corrected chi connectivity index (χ0v) is 20.0. The van der Waals surface area contributed by atoms with Crippen molar-refractivity contribution >= 4 is 14.3 Å². The Labute approximate surface area is 177 Å². The minimum atomic E-state index is -1.55. The van der Waals surface area contributed by atoms with Crippen LogP contribution in [0.4, 0.5) is 0 Å². The third-order valence-corrected chi connectivity index (χ3v) is 9.85. The van der Waals surface area contributed by atoms with Crippen molar-refractivity contribution in [3.05, 3.63) is 11.6 Å². The van der Waals surface area contributed by atoms with Gasteiger partial charge in [-0.05, 0) is 88.8 Å². The van der Waals surface area contributed by atoms with Gasteiger partial charge in [0.1, 0.15) is 6.10 Å². The van der Waals surface area contributed by atoms with Crippen molar-refractivity contribution in [2.75, 3.05) is 6.61 Å². The SMILES string of the molecule is CC(=O)OC1CC[C@H]2[C@@H]3CC=C4CC(O[Si](C)(C)C)CC[C@]4(CO)[C@@H]3CC[C@]12C. The average Bonchev–Trinajstić information content (AvgIpc) is 2.96. The standard InChI is InChI=1S/C24H40O4Si/c1-16(26)27-22-9-8-20-19-7-6-17-14-18(28-29(3,4)5)10-13-24(17,15-25)21(19)11-12-23(20,22)2/h6,18-22,25H,7-15H2,1-5H3/t18?,19-,20-,21+,22?,23-,24+/m0/s1. The molecular weight excluding hydrogens is 380 g/mol. The molecule has 0 aliphatic heterocycles. The Bertz CT molecular complexity index is 683. The summed E-state index contributed by atoms with van der Waals surface area (Å²) >= 11 is 0. The van der Waals surface area contributed by atoms with E-state index in [4.69, 9.17) is 9.16 Å². The van der Waals surface area contributed by atoms with Crippen molar-refractivity contribution in [1.82, 2.24) is 0 Å². The molecule has 0 radical (unpaired) electrons. The maximum atomic E-state index is 11.6. The third-order valence-electron chi connectivity index (χ3n) is 8.81. The zero-order valence-electron chi connectivity index (χ0n) is 19.0. The highest BCUT2D eigenvalue weighted by atomic mass is 28.4. The maximum absolute atomic E-state index is 11.6. The Morgan fingerprint density at radius 2 is 1.93 bits per heavy atom. The van der Waals surface area contributed by atoms with E-state index in [2.05, 4.69) is 32.6 Å². The van der Waals surface area contributed by atoms with Crippen LogP contribution in [0, 0.1) is 28.6 Å². The Balaban J connectivity index is 1.57. The quantitative estimate of drug-likeness (QED) is 0.392. The van der Waals surface area contributed by atoms with E-state index in [1.165, 1.54) is 5.57 Å². The molecule has 0 aromatic carbocycles. The molecule has 0 aromatic heterocycles. The molecule has 1 N–H and O–H groups in total. The topological polar surface area (TPSA) is 55.8 Å². The molecule has 0 aromatic rings. The summed E-state index contributed by atoms with van der Waals surface area (Å²) in [4.78, 5) is 11.6. The summed E-state index contributed by atoms with van der Waals surface area (Å²) in [7, 11) is -1.55. The molecule has 5 heteroatoms. The maximum Gasteiger partial charge on any atom is 0.302 e. The first kappa shape index (κ1) is 21.6. The highest BCUT2D eigenvalue weighted by molar-refractivity contribution is 6.69. The van der Waals surface area contributed by atoms with E-state index in [0.717, 1.165) is 51.4 Å². The number of allylic oxidation sites excluding steroid dienone is 1. The van der Waals surface area contributed by atoms with Crippen LogP contribution in [-0.2, 0) is 14.0 Å². The van der Waals surface area contributed by atoms with Crippen LogP contribution in [0.25, 0.3) is 0 Å². The summed E-state index contributed by atoms with van der Waals surface area (Å²) in [5, 5.41) is 10.7. The predicted molar refractivity (Wildman–Crippen MR) is 117 cm³/mol. The molecule has 0 amide bonds. The number of fused-ring (bicyclic) bond motifs is 5. The Hall–Kier alpha value is -0.653. The zero-order chi connectivity index (χ0) is 21.0. The highest BCUT2D eigenvalue weighted by Gasteiger charge is 2.60. The lowest BCUT2D eigenvalue weighted by Gasteiger charge is -2.58. The van der Waals surface area contributed by atoms with Gasteiger partial charge in [0, 0.05) is 23.9 Å². The molecule has 7 atom stereocenters. The van der Waals surface area contributed by atoms with Crippen molar-refractivity contribution in [1.29, 1.82) is 0 Å². The first-order valence-electron chi connectivity index (χ1n) is 11.7. The van der Waals surface area contributed by atoms with Gasteiger partial charge in [-0.1, -0.05) is 18.6 Å². The number of aliphatic hydroxyl groups excluding tert-OH is 1. The van der Waals surface area contributed by atoms with Gasteiger partial charge in [0.2, 0.25) is 0 Å². The smallest absolute Gasteiger partial charge is 0.302 e. The van der Waals surface area contributed by atoms with E-state index >= 15 is 0 Å². The number of rotatable bonds is 4. The molecule has 2 unspecified atom stereocenters. The van der Waals surface area contributed by atoms with Gasteiger partial charge >= 0.3 is 5.97 Å². The molecule has 4 nitrogen and oxygen atoms in total. The fraction of sp³-hybridized carbons (Fsp3) is 0.875. The molecular formula is C24H40O4Si. The minimum absolute atomic E-state index is 0.0386. The molecule has 4 aliphatic carbocycles. The first-order chi connectivity index (χ1) is 13.6. The van der Waals surface area contributed by atoms with Crippen molar-refractivity contribution in [3.8, 4) is 0 Å². The summed E-state index contributed by atoms with van der Waals surface area (Å²) in [6.45, 7) is 11.0. The normalized spacial score (nSPS) is 44.3. The number of esters is 1. The van der Waals surface area contributed by atoms with Crippen LogP contribution in [0.3, 0.4) is 0 Å². The first-order valence-corrected chi connectivity index (χ1v) is 15.2. The van der Waals surface area contributed by atoms with Gasteiger partial charge in [0.05, 0.1) is 6.61 Å². The molecule has 29 heavy (non-hydrogen) atoms. The van der Waals surface area contributed by atoms with Gasteiger partial charge in [0.15, 0.2) is 8.32 Å². The van der Waals surface area contributed by atoms with Crippen molar-refractivity contribution in [2.24, 2.45) is 28.6 Å². The Morgan fingerprint density at radius 3 is 2.59 bits per heavy atom. The van der Waals surface area contributed by atoms with Crippen molar-refractivity contribution < 1.29 is 19.1 Å². The van der Waals surface area contributed by atoms with Gasteiger partial charge in [-0.15, -0.1) is 0 Å². The number of carbonyl (C=O) groups is 1. The van der Waals surface area contributed by atoms with E-state index in [1.54, 1.807) is 6.92 Å². The second kappa shape index (κ2) is 7.49. The van der Waals surface area contributed by atoms with Gasteiger partial charge in [0.25, 0.3) is 0 Å². The monoisotopic (exact) mass is 420 g/mol. The van der Waals surface area contributed by atoms with Crippen LogP contribution in [0.5, 0.6) is 0 Å². The Morgan fingerprint density at radius 1 is 1.17 bits per heavy atom. The van der Waals surface area contributed by atoms with E-state index in [9.17, 15) is 9.90 Å². The molecule has 0 saturated heterocycles. The predicted octanol–water partition coefficient (Wildman–Crippen LogP) is 5.07. The van der Waals surface area contributed by atoms with Gasteiger partial charge in [-0.3, -0.25) is 4.79 Å². The fourth-order valence-electron chi connectivity index (χ4n) is 7.66. The van der Waals surface area contributed by atoms with Crippen LogP contribution in [0.1, 0.15) is 65.2 Å².